The monoisotopic (exact) mass is 321 g/mol. The van der Waals surface area contributed by atoms with Crippen molar-refractivity contribution in [2.24, 2.45) is 0 Å². The summed E-state index contributed by atoms with van der Waals surface area (Å²) in [5, 5.41) is 7.74. The number of aryl methyl sites for hydroxylation is 3. The molecule has 0 atom stereocenters. The third kappa shape index (κ3) is 2.46. The number of hydrogen-bond donors (Lipinski definition) is 1. The molecule has 5 nitrogen and oxygen atoms in total. The van der Waals surface area contributed by atoms with E-state index in [0.29, 0.717) is 28.3 Å². The molecule has 2 heterocycles. The van der Waals surface area contributed by atoms with E-state index in [1.54, 1.807) is 0 Å². The normalized spacial score (nSPS) is 14.1. The largest absolute Gasteiger partial charge is 0.336 e. The molecule has 122 valence electrons. The van der Waals surface area contributed by atoms with E-state index >= 15 is 0 Å². The lowest BCUT2D eigenvalue weighted by atomic mass is 10.1. The molecule has 1 aliphatic carbocycles. The van der Waals surface area contributed by atoms with Crippen LogP contribution in [0.2, 0.25) is 0 Å². The molecule has 1 aromatic carbocycles. The van der Waals surface area contributed by atoms with E-state index < -0.39 is 0 Å². The summed E-state index contributed by atoms with van der Waals surface area (Å²) in [5.41, 5.74) is 5.58. The highest BCUT2D eigenvalue weighted by molar-refractivity contribution is 6.12. The maximum Gasteiger partial charge on any atom is 0.259 e. The Labute approximate surface area is 140 Å². The molecule has 24 heavy (non-hydrogen) atoms. The number of fused-ring (bicyclic) bond motifs is 1. The maximum atomic E-state index is 13.0. The fraction of sp³-hybridized carbons (Fsp3) is 0.316. The van der Waals surface area contributed by atoms with Gasteiger partial charge in [0.25, 0.3) is 11.6 Å². The van der Waals surface area contributed by atoms with Crippen molar-refractivity contribution in [2.75, 3.05) is 5.32 Å². The molecular formula is C19H19N3O2. The summed E-state index contributed by atoms with van der Waals surface area (Å²) < 4.78 is 5.31. The highest BCUT2D eigenvalue weighted by Gasteiger charge is 2.28. The summed E-state index contributed by atoms with van der Waals surface area (Å²) in [5.74, 6) is 0.291. The SMILES string of the molecule is Cc1cccc(C)c1NC(=O)c1cc(C2CC2)nc2onc(C)c12. The molecule has 0 aliphatic heterocycles. The summed E-state index contributed by atoms with van der Waals surface area (Å²) in [6, 6.07) is 7.86. The predicted molar refractivity (Wildman–Crippen MR) is 92.4 cm³/mol. The average Bonchev–Trinajstić information content (AvgIpc) is 3.34. The van der Waals surface area contributed by atoms with Gasteiger partial charge < -0.3 is 9.84 Å². The zero-order valence-corrected chi connectivity index (χ0v) is 14.0. The molecule has 1 aliphatic rings. The van der Waals surface area contributed by atoms with Crippen LogP contribution in [0, 0.1) is 20.8 Å². The minimum atomic E-state index is -0.145. The standard InChI is InChI=1S/C19H19N3O2/c1-10-5-4-6-11(2)17(10)21-18(23)14-9-15(13-7-8-13)20-19-16(14)12(3)22-24-19/h4-6,9,13H,7-8H2,1-3H3,(H,21,23). The van der Waals surface area contributed by atoms with E-state index in [2.05, 4.69) is 15.5 Å². The van der Waals surface area contributed by atoms with Gasteiger partial charge in [-0.25, -0.2) is 4.98 Å². The minimum absolute atomic E-state index is 0.145. The summed E-state index contributed by atoms with van der Waals surface area (Å²) >= 11 is 0. The van der Waals surface area contributed by atoms with Gasteiger partial charge in [0.05, 0.1) is 16.6 Å². The van der Waals surface area contributed by atoms with Gasteiger partial charge in [-0.05, 0) is 50.8 Å². The number of aromatic nitrogens is 2. The van der Waals surface area contributed by atoms with Crippen LogP contribution in [0.5, 0.6) is 0 Å². The maximum absolute atomic E-state index is 13.0. The van der Waals surface area contributed by atoms with Crippen LogP contribution >= 0.6 is 0 Å². The second-order valence-corrected chi connectivity index (χ2v) is 6.54. The second kappa shape index (κ2) is 5.44. The lowest BCUT2D eigenvalue weighted by molar-refractivity contribution is 0.102. The number of nitrogens with zero attached hydrogens (tertiary/aromatic N) is 2. The molecule has 0 bridgehead atoms. The molecule has 2 aromatic heterocycles. The molecule has 1 N–H and O–H groups in total. The number of carbonyl (C=O) groups excluding carboxylic acids is 1. The smallest absolute Gasteiger partial charge is 0.259 e. The van der Waals surface area contributed by atoms with Gasteiger partial charge in [-0.3, -0.25) is 4.79 Å². The summed E-state index contributed by atoms with van der Waals surface area (Å²) in [4.78, 5) is 17.5. The van der Waals surface area contributed by atoms with Gasteiger partial charge in [0, 0.05) is 17.3 Å². The first-order valence-electron chi connectivity index (χ1n) is 8.19. The van der Waals surface area contributed by atoms with Crippen molar-refractivity contribution < 1.29 is 9.32 Å². The molecule has 4 rings (SSSR count). The molecular weight excluding hydrogens is 302 g/mol. The number of amides is 1. The average molecular weight is 321 g/mol. The van der Waals surface area contributed by atoms with Crippen LogP contribution in [0.15, 0.2) is 28.8 Å². The zero-order valence-electron chi connectivity index (χ0n) is 14.0. The Morgan fingerprint density at radius 1 is 1.21 bits per heavy atom. The van der Waals surface area contributed by atoms with Crippen LogP contribution < -0.4 is 5.32 Å². The predicted octanol–water partition coefficient (Wildman–Crippen LogP) is 4.28. The summed E-state index contributed by atoms with van der Waals surface area (Å²) in [6.45, 7) is 5.82. The number of para-hydroxylation sites is 1. The fourth-order valence-corrected chi connectivity index (χ4v) is 3.07. The first kappa shape index (κ1) is 14.9. The van der Waals surface area contributed by atoms with Crippen LogP contribution in [0.3, 0.4) is 0 Å². The fourth-order valence-electron chi connectivity index (χ4n) is 3.07. The highest BCUT2D eigenvalue weighted by atomic mass is 16.5. The second-order valence-electron chi connectivity index (χ2n) is 6.54. The molecule has 3 aromatic rings. The van der Waals surface area contributed by atoms with E-state index in [1.807, 2.05) is 45.0 Å². The van der Waals surface area contributed by atoms with Gasteiger partial charge >= 0.3 is 0 Å². The van der Waals surface area contributed by atoms with Crippen molar-refractivity contribution in [1.29, 1.82) is 0 Å². The van der Waals surface area contributed by atoms with E-state index in [4.69, 9.17) is 4.52 Å². The van der Waals surface area contributed by atoms with Crippen molar-refractivity contribution >= 4 is 22.7 Å². The molecule has 0 unspecified atom stereocenters. The summed E-state index contributed by atoms with van der Waals surface area (Å²) in [6.07, 6.45) is 2.23. The number of anilines is 1. The zero-order chi connectivity index (χ0) is 16.8. The van der Waals surface area contributed by atoms with Gasteiger partial charge in [0.2, 0.25) is 0 Å². The van der Waals surface area contributed by atoms with Crippen LogP contribution in [0.4, 0.5) is 5.69 Å². The number of pyridine rings is 1. The van der Waals surface area contributed by atoms with Gasteiger partial charge in [-0.2, -0.15) is 0 Å². The third-order valence-electron chi connectivity index (χ3n) is 4.60. The van der Waals surface area contributed by atoms with Crippen LogP contribution in [-0.2, 0) is 0 Å². The Hall–Kier alpha value is -2.69. The van der Waals surface area contributed by atoms with E-state index in [0.717, 1.165) is 35.3 Å². The lowest BCUT2D eigenvalue weighted by Gasteiger charge is -2.12. The van der Waals surface area contributed by atoms with Crippen molar-refractivity contribution in [3.05, 3.63) is 52.3 Å². The number of rotatable bonds is 3. The van der Waals surface area contributed by atoms with Crippen LogP contribution in [0.1, 0.15) is 51.6 Å². The Bertz CT molecular complexity index is 934. The molecule has 5 heteroatoms. The van der Waals surface area contributed by atoms with Gasteiger partial charge in [-0.15, -0.1) is 0 Å². The molecule has 1 fully saturated rings. The molecule has 0 radical (unpaired) electrons. The van der Waals surface area contributed by atoms with Crippen molar-refractivity contribution in [3.63, 3.8) is 0 Å². The molecule has 1 amide bonds. The Morgan fingerprint density at radius 3 is 2.58 bits per heavy atom. The topological polar surface area (TPSA) is 68.0 Å². The lowest BCUT2D eigenvalue weighted by Crippen LogP contribution is -2.15. The van der Waals surface area contributed by atoms with E-state index in [-0.39, 0.29) is 5.91 Å². The van der Waals surface area contributed by atoms with Crippen LogP contribution in [-0.4, -0.2) is 16.0 Å². The van der Waals surface area contributed by atoms with E-state index in [9.17, 15) is 4.79 Å². The van der Waals surface area contributed by atoms with Gasteiger partial charge in [0.1, 0.15) is 0 Å². The Kier molecular flexibility index (Phi) is 3.37. The van der Waals surface area contributed by atoms with Crippen molar-refractivity contribution in [1.82, 2.24) is 10.1 Å². The minimum Gasteiger partial charge on any atom is -0.336 e. The molecule has 1 saturated carbocycles. The van der Waals surface area contributed by atoms with Crippen LogP contribution in [0.25, 0.3) is 11.1 Å². The third-order valence-corrected chi connectivity index (χ3v) is 4.60. The number of carbonyl (C=O) groups is 1. The highest BCUT2D eigenvalue weighted by Crippen LogP contribution is 2.40. The number of hydrogen-bond acceptors (Lipinski definition) is 4. The quantitative estimate of drug-likeness (QED) is 0.782. The number of nitrogens with one attached hydrogen (secondary N) is 1. The first-order chi connectivity index (χ1) is 11.5. The van der Waals surface area contributed by atoms with E-state index in [1.165, 1.54) is 0 Å². The Morgan fingerprint density at radius 2 is 1.92 bits per heavy atom. The molecule has 0 spiro atoms. The van der Waals surface area contributed by atoms with Crippen molar-refractivity contribution in [2.45, 2.75) is 39.5 Å². The van der Waals surface area contributed by atoms with Gasteiger partial charge in [-0.1, -0.05) is 23.4 Å². The first-order valence-corrected chi connectivity index (χ1v) is 8.19. The Balaban J connectivity index is 1.80. The number of benzene rings is 1. The van der Waals surface area contributed by atoms with Gasteiger partial charge in [0.15, 0.2) is 0 Å². The molecule has 0 saturated heterocycles. The summed E-state index contributed by atoms with van der Waals surface area (Å²) in [7, 11) is 0. The van der Waals surface area contributed by atoms with Crippen molar-refractivity contribution in [3.8, 4) is 0 Å².